The molecular weight excluding hydrogens is 288 g/mol. The third-order valence-corrected chi connectivity index (χ3v) is 3.72. The summed E-state index contributed by atoms with van der Waals surface area (Å²) in [4.78, 5) is 6.63. The lowest BCUT2D eigenvalue weighted by atomic mass is 10.2. The van der Waals surface area contributed by atoms with Crippen molar-refractivity contribution in [1.29, 1.82) is 0 Å². The molecule has 0 aromatic heterocycles. The van der Waals surface area contributed by atoms with Crippen molar-refractivity contribution in [2.75, 3.05) is 39.8 Å². The first-order chi connectivity index (χ1) is 11.1. The molecule has 23 heavy (non-hydrogen) atoms. The first kappa shape index (κ1) is 19.3. The van der Waals surface area contributed by atoms with Gasteiger partial charge in [-0.3, -0.25) is 4.99 Å². The number of hydrogen-bond acceptors (Lipinski definition) is 3. The molecule has 1 aromatic rings. The van der Waals surface area contributed by atoms with Crippen LogP contribution in [0.5, 0.6) is 5.75 Å². The molecule has 0 aliphatic heterocycles. The molecule has 0 heterocycles. The number of rotatable bonds is 9. The fourth-order valence-electron chi connectivity index (χ4n) is 2.30. The van der Waals surface area contributed by atoms with Crippen LogP contribution < -0.4 is 15.4 Å². The Kier molecular flexibility index (Phi) is 9.14. The molecule has 0 saturated carbocycles. The van der Waals surface area contributed by atoms with E-state index >= 15 is 0 Å². The van der Waals surface area contributed by atoms with Crippen LogP contribution in [0.3, 0.4) is 0 Å². The molecule has 5 heteroatoms. The topological polar surface area (TPSA) is 48.9 Å². The lowest BCUT2D eigenvalue weighted by Crippen LogP contribution is -2.44. The van der Waals surface area contributed by atoms with Crippen molar-refractivity contribution < 1.29 is 4.74 Å². The van der Waals surface area contributed by atoms with E-state index in [2.05, 4.69) is 54.3 Å². The van der Waals surface area contributed by atoms with Gasteiger partial charge in [-0.05, 0) is 44.6 Å². The van der Waals surface area contributed by atoms with Crippen LogP contribution in [0.1, 0.15) is 26.3 Å². The average Bonchev–Trinajstić information content (AvgIpc) is 2.54. The summed E-state index contributed by atoms with van der Waals surface area (Å²) in [6.07, 6.45) is 0.0677. The van der Waals surface area contributed by atoms with Gasteiger partial charge in [0.05, 0.1) is 6.54 Å². The van der Waals surface area contributed by atoms with Gasteiger partial charge in [-0.1, -0.05) is 26.0 Å². The van der Waals surface area contributed by atoms with E-state index in [1.54, 1.807) is 7.05 Å². The van der Waals surface area contributed by atoms with E-state index in [1.807, 2.05) is 18.2 Å². The average molecular weight is 320 g/mol. The number of aryl methyl sites for hydroxylation is 1. The van der Waals surface area contributed by atoms with Crippen LogP contribution >= 0.6 is 0 Å². The number of hydrogen-bond donors (Lipinski definition) is 2. The van der Waals surface area contributed by atoms with E-state index in [0.29, 0.717) is 6.54 Å². The van der Waals surface area contributed by atoms with Gasteiger partial charge in [0.25, 0.3) is 0 Å². The Bertz CT molecular complexity index is 472. The third-order valence-electron chi connectivity index (χ3n) is 3.72. The minimum absolute atomic E-state index is 0.0677. The molecule has 0 radical (unpaired) electrons. The van der Waals surface area contributed by atoms with Crippen molar-refractivity contribution in [2.24, 2.45) is 4.99 Å². The zero-order valence-corrected chi connectivity index (χ0v) is 15.2. The van der Waals surface area contributed by atoms with E-state index in [4.69, 9.17) is 4.74 Å². The van der Waals surface area contributed by atoms with Gasteiger partial charge in [0.1, 0.15) is 11.9 Å². The molecule has 0 saturated heterocycles. The Balaban J connectivity index is 2.30. The van der Waals surface area contributed by atoms with Crippen LogP contribution in [0.25, 0.3) is 0 Å². The fraction of sp³-hybridized carbons (Fsp3) is 0.611. The van der Waals surface area contributed by atoms with Crippen molar-refractivity contribution >= 4 is 5.96 Å². The van der Waals surface area contributed by atoms with Gasteiger partial charge in [-0.25, -0.2) is 0 Å². The Morgan fingerprint density at radius 3 is 2.61 bits per heavy atom. The quantitative estimate of drug-likeness (QED) is 0.541. The zero-order valence-electron chi connectivity index (χ0n) is 15.2. The van der Waals surface area contributed by atoms with Crippen LogP contribution in [-0.2, 0) is 0 Å². The minimum Gasteiger partial charge on any atom is -0.489 e. The monoisotopic (exact) mass is 320 g/mol. The van der Waals surface area contributed by atoms with Crippen molar-refractivity contribution in [3.63, 3.8) is 0 Å². The second kappa shape index (κ2) is 10.9. The van der Waals surface area contributed by atoms with Crippen LogP contribution in [0.15, 0.2) is 29.3 Å². The predicted molar refractivity (Wildman–Crippen MR) is 98.4 cm³/mol. The number of benzene rings is 1. The molecule has 5 nitrogen and oxygen atoms in total. The van der Waals surface area contributed by atoms with E-state index in [-0.39, 0.29) is 6.10 Å². The lowest BCUT2D eigenvalue weighted by Gasteiger charge is -2.20. The van der Waals surface area contributed by atoms with Gasteiger partial charge >= 0.3 is 0 Å². The van der Waals surface area contributed by atoms with Gasteiger partial charge in [0, 0.05) is 20.1 Å². The Morgan fingerprint density at radius 2 is 2.00 bits per heavy atom. The standard InChI is InChI=1S/C18H32N4O/c1-6-22(7-2)12-11-20-18(19-5)21-14-16(4)23-17-10-8-9-15(3)13-17/h8-10,13,16H,6-7,11-12,14H2,1-5H3,(H2,19,20,21). The largest absolute Gasteiger partial charge is 0.489 e. The molecule has 1 rings (SSSR count). The second-order valence-corrected chi connectivity index (χ2v) is 5.65. The minimum atomic E-state index is 0.0677. The van der Waals surface area contributed by atoms with E-state index < -0.39 is 0 Å². The molecule has 1 unspecified atom stereocenters. The summed E-state index contributed by atoms with van der Waals surface area (Å²) >= 11 is 0. The smallest absolute Gasteiger partial charge is 0.191 e. The van der Waals surface area contributed by atoms with Crippen LogP contribution in [0.4, 0.5) is 0 Å². The highest BCUT2D eigenvalue weighted by Gasteiger charge is 2.06. The Labute approximate surface area is 141 Å². The van der Waals surface area contributed by atoms with Crippen molar-refractivity contribution in [3.05, 3.63) is 29.8 Å². The molecule has 0 fully saturated rings. The molecule has 0 amide bonds. The summed E-state index contributed by atoms with van der Waals surface area (Å²) in [5.74, 6) is 1.72. The summed E-state index contributed by atoms with van der Waals surface area (Å²) in [7, 11) is 1.79. The number of nitrogens with zero attached hydrogens (tertiary/aromatic N) is 2. The molecule has 1 aromatic carbocycles. The molecule has 130 valence electrons. The molecule has 0 spiro atoms. The van der Waals surface area contributed by atoms with Gasteiger partial charge in [-0.2, -0.15) is 0 Å². The third kappa shape index (κ3) is 7.88. The van der Waals surface area contributed by atoms with E-state index in [1.165, 1.54) is 5.56 Å². The van der Waals surface area contributed by atoms with Gasteiger partial charge in [0.15, 0.2) is 5.96 Å². The van der Waals surface area contributed by atoms with E-state index in [9.17, 15) is 0 Å². The highest BCUT2D eigenvalue weighted by molar-refractivity contribution is 5.79. The normalized spacial score (nSPS) is 13.0. The lowest BCUT2D eigenvalue weighted by molar-refractivity contribution is 0.223. The highest BCUT2D eigenvalue weighted by atomic mass is 16.5. The summed E-state index contributed by atoms with van der Waals surface area (Å²) in [5, 5.41) is 6.65. The molecule has 0 bridgehead atoms. The Hall–Kier alpha value is -1.75. The number of aliphatic imine (C=N–C) groups is 1. The number of guanidine groups is 1. The Morgan fingerprint density at radius 1 is 1.26 bits per heavy atom. The summed E-state index contributed by atoms with van der Waals surface area (Å²) in [5.41, 5.74) is 1.21. The van der Waals surface area contributed by atoms with Crippen molar-refractivity contribution in [3.8, 4) is 5.75 Å². The number of likely N-dealkylation sites (N-methyl/N-ethyl adjacent to an activating group) is 1. The zero-order chi connectivity index (χ0) is 17.1. The maximum atomic E-state index is 5.91. The fourth-order valence-corrected chi connectivity index (χ4v) is 2.30. The number of ether oxygens (including phenoxy) is 1. The molecule has 0 aliphatic carbocycles. The summed E-state index contributed by atoms with van der Waals surface area (Å²) in [6, 6.07) is 8.12. The molecule has 1 atom stereocenters. The highest BCUT2D eigenvalue weighted by Crippen LogP contribution is 2.13. The van der Waals surface area contributed by atoms with Crippen LogP contribution in [0.2, 0.25) is 0 Å². The van der Waals surface area contributed by atoms with Gasteiger partial charge in [0.2, 0.25) is 0 Å². The summed E-state index contributed by atoms with van der Waals surface area (Å²) < 4.78 is 5.91. The predicted octanol–water partition coefficient (Wildman–Crippen LogP) is 2.27. The van der Waals surface area contributed by atoms with E-state index in [0.717, 1.165) is 37.9 Å². The first-order valence-electron chi connectivity index (χ1n) is 8.49. The molecular formula is C18H32N4O. The number of nitrogens with one attached hydrogen (secondary N) is 2. The first-order valence-corrected chi connectivity index (χ1v) is 8.49. The van der Waals surface area contributed by atoms with Gasteiger partial charge < -0.3 is 20.3 Å². The molecule has 0 aliphatic rings. The SMILES string of the molecule is CCN(CC)CCNC(=NC)NCC(C)Oc1cccc(C)c1. The van der Waals surface area contributed by atoms with Crippen molar-refractivity contribution in [1.82, 2.24) is 15.5 Å². The second-order valence-electron chi connectivity index (χ2n) is 5.65. The van der Waals surface area contributed by atoms with Crippen LogP contribution in [-0.4, -0.2) is 56.7 Å². The maximum absolute atomic E-state index is 5.91. The van der Waals surface area contributed by atoms with Gasteiger partial charge in [-0.15, -0.1) is 0 Å². The van der Waals surface area contributed by atoms with Crippen molar-refractivity contribution in [2.45, 2.75) is 33.8 Å². The molecule has 2 N–H and O–H groups in total. The maximum Gasteiger partial charge on any atom is 0.191 e. The summed E-state index contributed by atoms with van der Waals surface area (Å²) in [6.45, 7) is 13.2. The van der Waals surface area contributed by atoms with Crippen LogP contribution in [0, 0.1) is 6.92 Å².